The second-order valence-electron chi connectivity index (χ2n) is 5.41. The molecule has 0 saturated heterocycles. The van der Waals surface area contributed by atoms with Crippen LogP contribution in [0.4, 0.5) is 0 Å². The highest BCUT2D eigenvalue weighted by molar-refractivity contribution is 8.00. The van der Waals surface area contributed by atoms with Crippen LogP contribution in [0.25, 0.3) is 10.8 Å². The number of carbonyl (C=O) groups is 2. The number of hydroxylamine groups is 2. The van der Waals surface area contributed by atoms with Gasteiger partial charge < -0.3 is 0 Å². The summed E-state index contributed by atoms with van der Waals surface area (Å²) in [5.41, 5.74) is 0.272. The first-order chi connectivity index (χ1) is 11.2. The Morgan fingerprint density at radius 1 is 1.08 bits per heavy atom. The molecule has 126 valence electrons. The van der Waals surface area contributed by atoms with Crippen molar-refractivity contribution in [1.29, 1.82) is 0 Å². The van der Waals surface area contributed by atoms with Crippen LogP contribution in [0.1, 0.15) is 34.6 Å². The molecule has 1 heterocycles. The van der Waals surface area contributed by atoms with E-state index in [-0.39, 0.29) is 16.2 Å². The number of carbonyl (C=O) groups excluding carboxylic acids is 2. The second-order valence-corrected chi connectivity index (χ2v) is 8.04. The predicted octanol–water partition coefficient (Wildman–Crippen LogP) is 2.67. The van der Waals surface area contributed by atoms with Crippen molar-refractivity contribution in [3.8, 4) is 0 Å². The van der Waals surface area contributed by atoms with Crippen molar-refractivity contribution in [3.05, 3.63) is 41.5 Å². The summed E-state index contributed by atoms with van der Waals surface area (Å²) in [4.78, 5) is 25.8. The van der Waals surface area contributed by atoms with Crippen molar-refractivity contribution in [3.63, 3.8) is 0 Å². The Labute approximate surface area is 142 Å². The number of benzene rings is 2. The molecule has 1 aliphatic heterocycles. The fourth-order valence-corrected chi connectivity index (χ4v) is 3.84. The van der Waals surface area contributed by atoms with Gasteiger partial charge >= 0.3 is 10.4 Å². The first-order valence-electron chi connectivity index (χ1n) is 6.97. The number of thioether (sulfide) groups is 1. The van der Waals surface area contributed by atoms with Crippen molar-refractivity contribution in [1.82, 2.24) is 5.06 Å². The van der Waals surface area contributed by atoms with Gasteiger partial charge in [0.25, 0.3) is 11.8 Å². The molecule has 0 bridgehead atoms. The summed E-state index contributed by atoms with van der Waals surface area (Å²) >= 11 is 1.59. The summed E-state index contributed by atoms with van der Waals surface area (Å²) in [7, 11) is -5.01. The van der Waals surface area contributed by atoms with Crippen molar-refractivity contribution in [2.75, 3.05) is 0 Å². The van der Waals surface area contributed by atoms with E-state index in [9.17, 15) is 18.0 Å². The Hall–Kier alpha value is -1.94. The maximum absolute atomic E-state index is 12.4. The molecule has 0 radical (unpaired) electrons. The lowest BCUT2D eigenvalue weighted by Gasteiger charge is -2.25. The number of hydrogen-bond acceptors (Lipinski definition) is 6. The highest BCUT2D eigenvalue weighted by Gasteiger charge is 2.37. The normalized spacial score (nSPS) is 14.8. The van der Waals surface area contributed by atoms with Crippen LogP contribution < -0.4 is 0 Å². The summed E-state index contributed by atoms with van der Waals surface area (Å²) in [5.74, 6) is -1.88. The molecule has 7 nitrogen and oxygen atoms in total. The van der Waals surface area contributed by atoms with E-state index in [1.807, 2.05) is 13.8 Å². The first kappa shape index (κ1) is 16.9. The highest BCUT2D eigenvalue weighted by Crippen LogP contribution is 2.37. The van der Waals surface area contributed by atoms with Gasteiger partial charge in [0.2, 0.25) is 0 Å². The molecule has 0 unspecified atom stereocenters. The summed E-state index contributed by atoms with van der Waals surface area (Å²) < 4.78 is 34.7. The molecule has 0 saturated carbocycles. The molecule has 24 heavy (non-hydrogen) atoms. The fraction of sp³-hybridized carbons (Fsp3) is 0.200. The van der Waals surface area contributed by atoms with E-state index in [1.54, 1.807) is 30.0 Å². The topological polar surface area (TPSA) is 101 Å². The summed E-state index contributed by atoms with van der Waals surface area (Å²) in [6, 6.07) is 8.18. The monoisotopic (exact) mass is 367 g/mol. The van der Waals surface area contributed by atoms with E-state index in [1.165, 1.54) is 12.1 Å². The molecule has 1 N–H and O–H groups in total. The fourth-order valence-electron chi connectivity index (χ4n) is 2.57. The van der Waals surface area contributed by atoms with Gasteiger partial charge in [0, 0.05) is 15.5 Å². The van der Waals surface area contributed by atoms with Gasteiger partial charge in [-0.05, 0) is 23.6 Å². The SMILES string of the molecule is CC(C)Sc1ccc2c3c(cccc13)C(=O)N(OS(=O)(=O)O)C2=O. The molecule has 9 heteroatoms. The Morgan fingerprint density at radius 2 is 1.71 bits per heavy atom. The third kappa shape index (κ3) is 2.91. The lowest BCUT2D eigenvalue weighted by molar-refractivity contribution is -0.0217. The first-order valence-corrected chi connectivity index (χ1v) is 9.21. The van der Waals surface area contributed by atoms with E-state index < -0.39 is 22.2 Å². The van der Waals surface area contributed by atoms with Crippen molar-refractivity contribution in [2.45, 2.75) is 24.0 Å². The number of amides is 2. The molecule has 2 aromatic rings. The number of imide groups is 1. The van der Waals surface area contributed by atoms with Crippen LogP contribution in [0.2, 0.25) is 0 Å². The number of rotatable bonds is 4. The lowest BCUT2D eigenvalue weighted by atomic mass is 9.95. The zero-order chi connectivity index (χ0) is 17.6. The van der Waals surface area contributed by atoms with Crippen LogP contribution in [0.3, 0.4) is 0 Å². The smallest absolute Gasteiger partial charge is 0.266 e. The maximum Gasteiger partial charge on any atom is 0.419 e. The van der Waals surface area contributed by atoms with Crippen molar-refractivity contribution in [2.24, 2.45) is 0 Å². The zero-order valence-electron chi connectivity index (χ0n) is 12.7. The minimum absolute atomic E-state index is 0.0572. The van der Waals surface area contributed by atoms with Crippen molar-refractivity contribution >= 4 is 44.7 Å². The minimum atomic E-state index is -5.01. The molecule has 0 aliphatic carbocycles. The third-order valence-corrected chi connectivity index (χ3v) is 4.78. The van der Waals surface area contributed by atoms with Gasteiger partial charge in [0.15, 0.2) is 0 Å². The van der Waals surface area contributed by atoms with E-state index in [2.05, 4.69) is 4.28 Å². The van der Waals surface area contributed by atoms with Crippen LogP contribution >= 0.6 is 11.8 Å². The zero-order valence-corrected chi connectivity index (χ0v) is 14.3. The molecule has 0 fully saturated rings. The molecule has 3 rings (SSSR count). The summed E-state index contributed by atoms with van der Waals surface area (Å²) in [6.45, 7) is 4.05. The van der Waals surface area contributed by atoms with Crippen LogP contribution in [-0.4, -0.2) is 35.1 Å². The van der Waals surface area contributed by atoms with Crippen LogP contribution in [0, 0.1) is 0 Å². The largest absolute Gasteiger partial charge is 0.419 e. The van der Waals surface area contributed by atoms with Gasteiger partial charge in [-0.15, -0.1) is 21.1 Å². The quantitative estimate of drug-likeness (QED) is 0.503. The van der Waals surface area contributed by atoms with Gasteiger partial charge in [0.1, 0.15) is 0 Å². The predicted molar refractivity (Wildman–Crippen MR) is 88.1 cm³/mol. The Bertz CT molecular complexity index is 945. The van der Waals surface area contributed by atoms with E-state index >= 15 is 0 Å². The van der Waals surface area contributed by atoms with Crippen molar-refractivity contribution < 1.29 is 26.8 Å². The second kappa shape index (κ2) is 5.85. The van der Waals surface area contributed by atoms with E-state index in [0.717, 1.165) is 10.3 Å². The van der Waals surface area contributed by atoms with Crippen LogP contribution in [0.15, 0.2) is 35.2 Å². The molecular weight excluding hydrogens is 354 g/mol. The standard InChI is InChI=1S/C15H13NO6S2/c1-8(2)23-12-7-6-11-13-9(12)4-3-5-10(13)14(17)16(15(11)18)22-24(19,20)21/h3-8H,1-2H3,(H,19,20,21). The molecule has 0 atom stereocenters. The molecule has 2 aromatic carbocycles. The Kier molecular flexibility index (Phi) is 4.12. The van der Waals surface area contributed by atoms with E-state index in [0.29, 0.717) is 10.6 Å². The molecular formula is C15H13NO6S2. The summed E-state index contributed by atoms with van der Waals surface area (Å²) in [6.07, 6.45) is 0. The lowest BCUT2D eigenvalue weighted by Crippen LogP contribution is -2.41. The number of nitrogens with zero attached hydrogens (tertiary/aromatic N) is 1. The van der Waals surface area contributed by atoms with Gasteiger partial charge in [0.05, 0.1) is 11.1 Å². The Balaban J connectivity index is 2.22. The summed E-state index contributed by atoms with van der Waals surface area (Å²) in [5, 5.41) is 1.54. The average Bonchev–Trinajstić information content (AvgIpc) is 2.48. The molecule has 0 aromatic heterocycles. The van der Waals surface area contributed by atoms with Crippen LogP contribution in [0.5, 0.6) is 0 Å². The van der Waals surface area contributed by atoms with Gasteiger partial charge in [-0.25, -0.2) is 0 Å². The van der Waals surface area contributed by atoms with E-state index in [4.69, 9.17) is 4.55 Å². The Morgan fingerprint density at radius 3 is 2.29 bits per heavy atom. The number of hydrogen-bond donors (Lipinski definition) is 1. The molecule has 2 amide bonds. The van der Waals surface area contributed by atoms with Gasteiger partial charge in [-0.3, -0.25) is 14.1 Å². The van der Waals surface area contributed by atoms with Crippen LogP contribution in [-0.2, 0) is 14.7 Å². The molecule has 0 spiro atoms. The van der Waals surface area contributed by atoms with Gasteiger partial charge in [-0.1, -0.05) is 26.0 Å². The van der Waals surface area contributed by atoms with Gasteiger partial charge in [-0.2, -0.15) is 8.42 Å². The average molecular weight is 367 g/mol. The maximum atomic E-state index is 12.4. The molecule has 1 aliphatic rings. The minimum Gasteiger partial charge on any atom is -0.266 e. The highest BCUT2D eigenvalue weighted by atomic mass is 32.3. The third-order valence-electron chi connectivity index (χ3n) is 3.36.